The number of aliphatic hydroxyl groups excluding tert-OH is 2. The quantitative estimate of drug-likeness (QED) is 0.486. The van der Waals surface area contributed by atoms with Crippen molar-refractivity contribution in [1.82, 2.24) is 0 Å². The lowest BCUT2D eigenvalue weighted by Gasteiger charge is -2.23. The Bertz CT molecular complexity index is 388. The summed E-state index contributed by atoms with van der Waals surface area (Å²) in [6, 6.07) is 10.1. The van der Waals surface area contributed by atoms with Gasteiger partial charge in [0.25, 0.3) is 0 Å². The van der Waals surface area contributed by atoms with E-state index in [1.807, 2.05) is 30.3 Å². The number of ether oxygens (including phenoxy) is 1. The van der Waals surface area contributed by atoms with Gasteiger partial charge in [0.1, 0.15) is 0 Å². The Morgan fingerprint density at radius 3 is 2.19 bits per heavy atom. The fraction of sp³-hybridized carbons (Fsp3) is 0.444. The number of rotatable bonds is 11. The highest BCUT2D eigenvalue weighted by Gasteiger charge is 2.22. The van der Waals surface area contributed by atoms with Crippen LogP contribution in [0, 0.1) is 5.92 Å². The maximum Gasteiger partial charge on any atom is 0.0774 e. The molecule has 0 spiro atoms. The van der Waals surface area contributed by atoms with Crippen LogP contribution in [0.25, 0.3) is 0 Å². The van der Waals surface area contributed by atoms with Crippen molar-refractivity contribution in [2.45, 2.75) is 38.1 Å². The molecule has 21 heavy (non-hydrogen) atoms. The maximum absolute atomic E-state index is 9.81. The third-order valence-corrected chi connectivity index (χ3v) is 3.55. The van der Waals surface area contributed by atoms with Crippen LogP contribution < -0.4 is 0 Å². The van der Waals surface area contributed by atoms with Gasteiger partial charge in [0, 0.05) is 12.5 Å². The molecular formula is C18H26O3. The van der Waals surface area contributed by atoms with E-state index < -0.39 is 12.2 Å². The molecule has 0 amide bonds. The van der Waals surface area contributed by atoms with Crippen LogP contribution in [-0.4, -0.2) is 29.0 Å². The number of unbranched alkanes of at least 4 members (excludes halogenated alkanes) is 1. The minimum absolute atomic E-state index is 0.242. The highest BCUT2D eigenvalue weighted by Crippen LogP contribution is 2.19. The Kier molecular flexibility index (Phi) is 8.67. The zero-order valence-corrected chi connectivity index (χ0v) is 12.5. The first-order valence-electron chi connectivity index (χ1n) is 7.42. The van der Waals surface area contributed by atoms with Gasteiger partial charge in [0.05, 0.1) is 18.8 Å². The Labute approximate surface area is 127 Å². The first-order valence-corrected chi connectivity index (χ1v) is 7.42. The number of benzene rings is 1. The summed E-state index contributed by atoms with van der Waals surface area (Å²) < 4.78 is 5.61. The van der Waals surface area contributed by atoms with Crippen LogP contribution in [0.15, 0.2) is 55.6 Å². The van der Waals surface area contributed by atoms with Gasteiger partial charge in [0.15, 0.2) is 0 Å². The van der Waals surface area contributed by atoms with E-state index in [1.165, 1.54) is 17.7 Å². The molecule has 3 nitrogen and oxygen atoms in total. The molecule has 1 aromatic carbocycles. The van der Waals surface area contributed by atoms with Gasteiger partial charge in [-0.15, -0.1) is 13.2 Å². The molecule has 0 aliphatic rings. The first kappa shape index (κ1) is 17.6. The number of hydrogen-bond donors (Lipinski definition) is 2. The van der Waals surface area contributed by atoms with Crippen LogP contribution in [-0.2, 0) is 11.3 Å². The molecule has 1 aromatic rings. The summed E-state index contributed by atoms with van der Waals surface area (Å²) in [6.07, 6.45) is 4.01. The van der Waals surface area contributed by atoms with Crippen LogP contribution in [0.5, 0.6) is 0 Å². The summed E-state index contributed by atoms with van der Waals surface area (Å²) in [5.41, 5.74) is 1.17. The van der Waals surface area contributed by atoms with Crippen molar-refractivity contribution in [3.05, 3.63) is 61.2 Å². The topological polar surface area (TPSA) is 49.7 Å². The molecule has 0 saturated heterocycles. The normalized spacial score (nSPS) is 15.1. The SMILES string of the molecule is C=C[C@@H](O)C(CCCCOCc1ccccc1)[C@@H](O)C=C. The summed E-state index contributed by atoms with van der Waals surface area (Å²) in [6.45, 7) is 8.44. The van der Waals surface area contributed by atoms with E-state index in [9.17, 15) is 10.2 Å². The zero-order valence-electron chi connectivity index (χ0n) is 12.5. The van der Waals surface area contributed by atoms with E-state index in [4.69, 9.17) is 4.74 Å². The molecule has 0 aliphatic carbocycles. The Morgan fingerprint density at radius 2 is 1.62 bits per heavy atom. The highest BCUT2D eigenvalue weighted by atomic mass is 16.5. The molecule has 0 fully saturated rings. The van der Waals surface area contributed by atoms with Crippen molar-refractivity contribution in [2.75, 3.05) is 6.61 Å². The summed E-state index contributed by atoms with van der Waals surface area (Å²) in [4.78, 5) is 0. The Hall–Kier alpha value is -1.42. The Balaban J connectivity index is 2.19. The lowest BCUT2D eigenvalue weighted by atomic mass is 9.90. The second-order valence-electron chi connectivity index (χ2n) is 5.15. The van der Waals surface area contributed by atoms with Crippen molar-refractivity contribution in [3.63, 3.8) is 0 Å². The van der Waals surface area contributed by atoms with Crippen molar-refractivity contribution in [1.29, 1.82) is 0 Å². The summed E-state index contributed by atoms with van der Waals surface area (Å²) in [5.74, 6) is -0.242. The molecule has 3 atom stereocenters. The molecule has 0 saturated carbocycles. The van der Waals surface area contributed by atoms with E-state index in [-0.39, 0.29) is 5.92 Å². The van der Waals surface area contributed by atoms with Gasteiger partial charge >= 0.3 is 0 Å². The van der Waals surface area contributed by atoms with Crippen LogP contribution in [0.3, 0.4) is 0 Å². The van der Waals surface area contributed by atoms with Gasteiger partial charge in [-0.05, 0) is 18.4 Å². The average Bonchev–Trinajstić information content (AvgIpc) is 2.53. The van der Waals surface area contributed by atoms with Crippen LogP contribution in [0.1, 0.15) is 24.8 Å². The van der Waals surface area contributed by atoms with E-state index in [1.54, 1.807) is 0 Å². The van der Waals surface area contributed by atoms with Crippen LogP contribution in [0.2, 0.25) is 0 Å². The third kappa shape index (κ3) is 6.71. The van der Waals surface area contributed by atoms with E-state index >= 15 is 0 Å². The van der Waals surface area contributed by atoms with Crippen molar-refractivity contribution in [3.8, 4) is 0 Å². The highest BCUT2D eigenvalue weighted by molar-refractivity contribution is 5.13. The second kappa shape index (κ2) is 10.3. The van der Waals surface area contributed by atoms with Crippen molar-refractivity contribution in [2.24, 2.45) is 5.92 Å². The fourth-order valence-corrected chi connectivity index (χ4v) is 2.24. The monoisotopic (exact) mass is 290 g/mol. The molecule has 0 radical (unpaired) electrons. The molecule has 116 valence electrons. The third-order valence-electron chi connectivity index (χ3n) is 3.55. The van der Waals surface area contributed by atoms with Gasteiger partial charge in [-0.25, -0.2) is 0 Å². The van der Waals surface area contributed by atoms with Gasteiger partial charge in [-0.2, -0.15) is 0 Å². The van der Waals surface area contributed by atoms with E-state index in [0.29, 0.717) is 13.2 Å². The van der Waals surface area contributed by atoms with E-state index in [0.717, 1.165) is 19.3 Å². The minimum Gasteiger partial charge on any atom is -0.389 e. The first-order chi connectivity index (χ1) is 10.2. The van der Waals surface area contributed by atoms with Crippen LogP contribution >= 0.6 is 0 Å². The van der Waals surface area contributed by atoms with Gasteiger partial charge in [0.2, 0.25) is 0 Å². The summed E-state index contributed by atoms with van der Waals surface area (Å²) in [5, 5.41) is 19.6. The predicted molar refractivity (Wildman–Crippen MR) is 85.8 cm³/mol. The summed E-state index contributed by atoms with van der Waals surface area (Å²) >= 11 is 0. The molecule has 3 heteroatoms. The van der Waals surface area contributed by atoms with Gasteiger partial charge in [-0.1, -0.05) is 48.9 Å². The lowest BCUT2D eigenvalue weighted by Crippen LogP contribution is -2.29. The molecular weight excluding hydrogens is 264 g/mol. The minimum atomic E-state index is -0.705. The number of hydrogen-bond acceptors (Lipinski definition) is 3. The van der Waals surface area contributed by atoms with Crippen molar-refractivity contribution < 1.29 is 14.9 Å². The molecule has 1 rings (SSSR count). The smallest absolute Gasteiger partial charge is 0.0774 e. The van der Waals surface area contributed by atoms with Gasteiger partial charge in [-0.3, -0.25) is 0 Å². The molecule has 1 unspecified atom stereocenters. The molecule has 0 bridgehead atoms. The average molecular weight is 290 g/mol. The maximum atomic E-state index is 9.81. The predicted octanol–water partition coefficient (Wildman–Crippen LogP) is 3.08. The molecule has 0 aliphatic heterocycles. The Morgan fingerprint density at radius 1 is 1.00 bits per heavy atom. The lowest BCUT2D eigenvalue weighted by molar-refractivity contribution is 0.0525. The fourth-order valence-electron chi connectivity index (χ4n) is 2.24. The zero-order chi connectivity index (χ0) is 15.5. The standard InChI is InChI=1S/C18H26O3/c1-3-17(19)16(18(20)4-2)12-8-9-13-21-14-15-10-6-5-7-11-15/h3-7,10-11,16-20H,1-2,8-9,12-14H2/t16?,17-,18+. The molecule has 2 N–H and O–H groups in total. The molecule has 0 heterocycles. The number of aliphatic hydroxyl groups is 2. The van der Waals surface area contributed by atoms with Crippen molar-refractivity contribution >= 4 is 0 Å². The van der Waals surface area contributed by atoms with E-state index in [2.05, 4.69) is 13.2 Å². The van der Waals surface area contributed by atoms with Gasteiger partial charge < -0.3 is 14.9 Å². The molecule has 0 aromatic heterocycles. The van der Waals surface area contributed by atoms with Crippen LogP contribution in [0.4, 0.5) is 0 Å². The largest absolute Gasteiger partial charge is 0.389 e. The second-order valence-corrected chi connectivity index (χ2v) is 5.15. The summed E-state index contributed by atoms with van der Waals surface area (Å²) in [7, 11) is 0.